The van der Waals surface area contributed by atoms with Crippen molar-refractivity contribution in [2.45, 2.75) is 38.9 Å². The first kappa shape index (κ1) is 24.0. The summed E-state index contributed by atoms with van der Waals surface area (Å²) >= 11 is 12.3. The summed E-state index contributed by atoms with van der Waals surface area (Å²) < 4.78 is 43.0. The molecule has 1 aromatic carbocycles. The average Bonchev–Trinajstić information content (AvgIpc) is 3.35. The molecule has 1 N–H and O–H groups in total. The highest BCUT2D eigenvalue weighted by molar-refractivity contribution is 6.35. The van der Waals surface area contributed by atoms with Gasteiger partial charge >= 0.3 is 6.18 Å². The number of hydrogen-bond donors (Lipinski definition) is 1. The number of nitrogens with zero attached hydrogens (tertiary/aromatic N) is 6. The van der Waals surface area contributed by atoms with Crippen molar-refractivity contribution in [3.63, 3.8) is 0 Å². The van der Waals surface area contributed by atoms with Gasteiger partial charge in [0.25, 0.3) is 5.91 Å². The largest absolute Gasteiger partial charge is 0.433 e. The zero-order valence-corrected chi connectivity index (χ0v) is 19.7. The van der Waals surface area contributed by atoms with Crippen LogP contribution in [0.1, 0.15) is 48.2 Å². The van der Waals surface area contributed by atoms with Crippen molar-refractivity contribution in [1.29, 1.82) is 0 Å². The molecule has 34 heavy (non-hydrogen) atoms. The van der Waals surface area contributed by atoms with E-state index < -0.39 is 23.2 Å². The predicted octanol–water partition coefficient (Wildman–Crippen LogP) is 5.24. The molecule has 0 radical (unpaired) electrons. The quantitative estimate of drug-likeness (QED) is 0.404. The number of aromatic nitrogens is 6. The zero-order valence-electron chi connectivity index (χ0n) is 18.2. The van der Waals surface area contributed by atoms with E-state index in [1.54, 1.807) is 39.0 Å². The first-order chi connectivity index (χ1) is 15.8. The Morgan fingerprint density at radius 3 is 2.38 bits per heavy atom. The molecule has 0 fully saturated rings. The molecule has 178 valence electrons. The highest BCUT2D eigenvalue weighted by Crippen LogP contribution is 2.32. The molecule has 4 rings (SSSR count). The van der Waals surface area contributed by atoms with Gasteiger partial charge in [0.2, 0.25) is 5.95 Å². The maximum absolute atomic E-state index is 13.7. The van der Waals surface area contributed by atoms with Gasteiger partial charge in [-0.15, -0.1) is 5.10 Å². The second-order valence-corrected chi connectivity index (χ2v) is 9.31. The summed E-state index contributed by atoms with van der Waals surface area (Å²) in [6, 6.07) is 7.19. The van der Waals surface area contributed by atoms with Gasteiger partial charge in [-0.25, -0.2) is 19.2 Å². The van der Waals surface area contributed by atoms with Crippen LogP contribution in [0.2, 0.25) is 10.0 Å². The number of amides is 1. The van der Waals surface area contributed by atoms with E-state index in [0.717, 1.165) is 6.07 Å². The van der Waals surface area contributed by atoms with Gasteiger partial charge in [-0.2, -0.15) is 18.3 Å². The number of nitrogens with one attached hydrogen (secondary N) is 1. The lowest BCUT2D eigenvalue weighted by Crippen LogP contribution is -2.20. The van der Waals surface area contributed by atoms with Gasteiger partial charge in [0.15, 0.2) is 11.3 Å². The molecule has 13 heteroatoms. The van der Waals surface area contributed by atoms with Gasteiger partial charge in [-0.1, -0.05) is 50.0 Å². The standard InChI is InChI=1S/C21H18Cl2F3N7O/c1-20(2,3)15-8-16(21(24,25)26)33-17(28-15)7-14(30-33)18(34)29-19-27-10-32(31-19)9-11-12(22)5-4-6-13(11)23/h4-8,10H,9H2,1-3H3,(H,29,31,34). The molecule has 0 aliphatic heterocycles. The number of carbonyl (C=O) groups excluding carboxylic acids is 1. The molecular weight excluding hydrogens is 494 g/mol. The maximum Gasteiger partial charge on any atom is 0.433 e. The molecule has 0 spiro atoms. The van der Waals surface area contributed by atoms with E-state index in [9.17, 15) is 18.0 Å². The summed E-state index contributed by atoms with van der Waals surface area (Å²) in [5.74, 6) is -0.853. The van der Waals surface area contributed by atoms with Gasteiger partial charge in [0, 0.05) is 27.1 Å². The molecule has 0 aliphatic carbocycles. The van der Waals surface area contributed by atoms with Crippen LogP contribution in [-0.2, 0) is 18.1 Å². The summed E-state index contributed by atoms with van der Waals surface area (Å²) in [6.07, 6.45) is -3.33. The lowest BCUT2D eigenvalue weighted by atomic mass is 9.91. The van der Waals surface area contributed by atoms with E-state index >= 15 is 0 Å². The van der Waals surface area contributed by atoms with E-state index in [-0.39, 0.29) is 29.5 Å². The molecule has 3 heterocycles. The Morgan fingerprint density at radius 2 is 1.76 bits per heavy atom. The number of rotatable bonds is 4. The predicted molar refractivity (Wildman–Crippen MR) is 120 cm³/mol. The minimum atomic E-state index is -4.69. The second kappa shape index (κ2) is 8.55. The number of hydrogen-bond acceptors (Lipinski definition) is 5. The minimum Gasteiger partial charge on any atom is -0.288 e. The van der Waals surface area contributed by atoms with Crippen molar-refractivity contribution < 1.29 is 18.0 Å². The average molecular weight is 512 g/mol. The monoisotopic (exact) mass is 511 g/mol. The van der Waals surface area contributed by atoms with E-state index in [2.05, 4.69) is 25.5 Å². The molecule has 1 amide bonds. The fourth-order valence-electron chi connectivity index (χ4n) is 3.11. The van der Waals surface area contributed by atoms with Crippen LogP contribution in [0.3, 0.4) is 0 Å². The number of benzene rings is 1. The first-order valence-corrected chi connectivity index (χ1v) is 10.7. The molecule has 0 unspecified atom stereocenters. The maximum atomic E-state index is 13.7. The van der Waals surface area contributed by atoms with Gasteiger partial charge in [0.1, 0.15) is 12.0 Å². The fraction of sp³-hybridized carbons (Fsp3) is 0.286. The van der Waals surface area contributed by atoms with Crippen LogP contribution >= 0.6 is 23.2 Å². The van der Waals surface area contributed by atoms with Crippen molar-refractivity contribution >= 4 is 40.7 Å². The third kappa shape index (κ3) is 4.85. The van der Waals surface area contributed by atoms with Gasteiger partial charge in [-0.3, -0.25) is 10.1 Å². The highest BCUT2D eigenvalue weighted by Gasteiger charge is 2.36. The van der Waals surface area contributed by atoms with Crippen molar-refractivity contribution in [2.24, 2.45) is 0 Å². The summed E-state index contributed by atoms with van der Waals surface area (Å²) in [7, 11) is 0. The molecule has 3 aromatic heterocycles. The van der Waals surface area contributed by atoms with Gasteiger partial charge in [-0.05, 0) is 18.2 Å². The molecule has 8 nitrogen and oxygen atoms in total. The third-order valence-corrected chi connectivity index (χ3v) is 5.57. The number of carbonyl (C=O) groups is 1. The van der Waals surface area contributed by atoms with E-state index in [1.807, 2.05) is 0 Å². The number of fused-ring (bicyclic) bond motifs is 1. The Hall–Kier alpha value is -3.18. The molecular formula is C21H18Cl2F3N7O. The van der Waals surface area contributed by atoms with Crippen LogP contribution in [0, 0.1) is 0 Å². The first-order valence-electron chi connectivity index (χ1n) is 9.95. The number of alkyl halides is 3. The van der Waals surface area contributed by atoms with Crippen LogP contribution in [0.4, 0.5) is 19.1 Å². The molecule has 4 aromatic rings. The SMILES string of the molecule is CC(C)(C)c1cc(C(F)(F)F)n2nc(C(=O)Nc3ncn(Cc4c(Cl)cccc4Cl)n3)cc2n1. The van der Waals surface area contributed by atoms with Gasteiger partial charge in [0.05, 0.1) is 12.2 Å². The summed E-state index contributed by atoms with van der Waals surface area (Å²) in [5.41, 5.74) is -1.20. The summed E-state index contributed by atoms with van der Waals surface area (Å²) in [5, 5.41) is 11.3. The van der Waals surface area contributed by atoms with Crippen LogP contribution in [0.5, 0.6) is 0 Å². The Kier molecular flexibility index (Phi) is 6.03. The lowest BCUT2D eigenvalue weighted by Gasteiger charge is -2.19. The fourth-order valence-corrected chi connectivity index (χ4v) is 3.63. The topological polar surface area (TPSA) is 90.0 Å². The van der Waals surface area contributed by atoms with Crippen molar-refractivity contribution in [3.8, 4) is 0 Å². The van der Waals surface area contributed by atoms with Gasteiger partial charge < -0.3 is 0 Å². The normalized spacial score (nSPS) is 12.4. The van der Waals surface area contributed by atoms with E-state index in [4.69, 9.17) is 23.2 Å². The number of halogens is 5. The molecule has 0 saturated heterocycles. The van der Waals surface area contributed by atoms with Crippen LogP contribution in [-0.4, -0.2) is 35.3 Å². The van der Waals surface area contributed by atoms with Crippen LogP contribution < -0.4 is 5.32 Å². The Morgan fingerprint density at radius 1 is 1.09 bits per heavy atom. The van der Waals surface area contributed by atoms with Crippen molar-refractivity contribution in [3.05, 3.63) is 69.3 Å². The smallest absolute Gasteiger partial charge is 0.288 e. The third-order valence-electron chi connectivity index (χ3n) is 4.86. The Balaban J connectivity index is 1.60. The summed E-state index contributed by atoms with van der Waals surface area (Å²) in [4.78, 5) is 20.9. The Bertz CT molecular complexity index is 1370. The zero-order chi connectivity index (χ0) is 24.8. The van der Waals surface area contributed by atoms with Crippen molar-refractivity contribution in [2.75, 3.05) is 5.32 Å². The van der Waals surface area contributed by atoms with Crippen molar-refractivity contribution in [1.82, 2.24) is 29.4 Å². The number of anilines is 1. The van der Waals surface area contributed by atoms with E-state index in [0.29, 0.717) is 20.1 Å². The lowest BCUT2D eigenvalue weighted by molar-refractivity contribution is -0.142. The molecule has 0 atom stereocenters. The molecule has 0 saturated carbocycles. The minimum absolute atomic E-state index is 0.0652. The second-order valence-electron chi connectivity index (χ2n) is 8.49. The highest BCUT2D eigenvalue weighted by atomic mass is 35.5. The van der Waals surface area contributed by atoms with Crippen LogP contribution in [0.15, 0.2) is 36.7 Å². The molecule has 0 bridgehead atoms. The van der Waals surface area contributed by atoms with E-state index in [1.165, 1.54) is 17.1 Å². The molecule has 0 aliphatic rings. The van der Waals surface area contributed by atoms with Crippen LogP contribution in [0.25, 0.3) is 5.65 Å². The summed E-state index contributed by atoms with van der Waals surface area (Å²) in [6.45, 7) is 5.43. The Labute approximate surface area is 201 Å².